The Morgan fingerprint density at radius 2 is 2.43 bits per heavy atom. The fraction of sp³-hybridized carbons (Fsp3) is 0.455. The Bertz CT molecular complexity index is 318. The van der Waals surface area contributed by atoms with E-state index in [1.54, 1.807) is 11.3 Å². The second kappa shape index (κ2) is 5.55. The molecular weight excluding hydrogens is 258 g/mol. The predicted octanol–water partition coefficient (Wildman–Crippen LogP) is 3.49. The van der Waals surface area contributed by atoms with Crippen molar-refractivity contribution in [2.45, 2.75) is 26.3 Å². The summed E-state index contributed by atoms with van der Waals surface area (Å²) in [5.41, 5.74) is 1.28. The molecule has 0 saturated heterocycles. The highest BCUT2D eigenvalue weighted by Crippen LogP contribution is 2.32. The second-order valence-electron chi connectivity index (χ2n) is 3.12. The van der Waals surface area contributed by atoms with Gasteiger partial charge in [-0.3, -0.25) is 0 Å². The summed E-state index contributed by atoms with van der Waals surface area (Å²) in [4.78, 5) is 1.31. The number of halogens is 1. The summed E-state index contributed by atoms with van der Waals surface area (Å²) < 4.78 is 1.20. The summed E-state index contributed by atoms with van der Waals surface area (Å²) >= 11 is 5.29. The van der Waals surface area contributed by atoms with Gasteiger partial charge in [-0.2, -0.15) is 0 Å². The van der Waals surface area contributed by atoms with Crippen molar-refractivity contribution in [3.8, 4) is 12.3 Å². The number of terminal acetylenes is 1. The van der Waals surface area contributed by atoms with Crippen LogP contribution in [0.25, 0.3) is 0 Å². The first kappa shape index (κ1) is 11.8. The third-order valence-electron chi connectivity index (χ3n) is 1.99. The second-order valence-corrected chi connectivity index (χ2v) is 5.53. The van der Waals surface area contributed by atoms with Gasteiger partial charge in [-0.15, -0.1) is 23.7 Å². The average molecular weight is 272 g/mol. The first-order valence-corrected chi connectivity index (χ1v) is 6.22. The van der Waals surface area contributed by atoms with Gasteiger partial charge in [0, 0.05) is 11.3 Å². The van der Waals surface area contributed by atoms with E-state index in [9.17, 15) is 0 Å². The fourth-order valence-electron chi connectivity index (χ4n) is 1.29. The number of rotatable bonds is 4. The molecule has 0 spiro atoms. The zero-order chi connectivity index (χ0) is 10.6. The lowest BCUT2D eigenvalue weighted by atomic mass is 10.1. The van der Waals surface area contributed by atoms with Crippen LogP contribution in [0.1, 0.15) is 29.8 Å². The largest absolute Gasteiger partial charge is 0.309 e. The predicted molar refractivity (Wildman–Crippen MR) is 66.6 cm³/mol. The molecule has 14 heavy (non-hydrogen) atoms. The quantitative estimate of drug-likeness (QED) is 0.827. The van der Waals surface area contributed by atoms with Gasteiger partial charge < -0.3 is 5.32 Å². The monoisotopic (exact) mass is 271 g/mol. The van der Waals surface area contributed by atoms with Crippen LogP contribution in [0.2, 0.25) is 0 Å². The number of hydrogen-bond acceptors (Lipinski definition) is 2. The maximum Gasteiger partial charge on any atom is 0.0731 e. The lowest BCUT2D eigenvalue weighted by molar-refractivity contribution is 0.574. The molecule has 1 atom stereocenters. The van der Waals surface area contributed by atoms with E-state index in [1.807, 2.05) is 0 Å². The van der Waals surface area contributed by atoms with Crippen LogP contribution >= 0.6 is 27.3 Å². The zero-order valence-electron chi connectivity index (χ0n) is 8.43. The highest BCUT2D eigenvalue weighted by Gasteiger charge is 2.12. The molecule has 1 rings (SSSR count). The van der Waals surface area contributed by atoms with Crippen LogP contribution in [0.3, 0.4) is 0 Å². The molecule has 1 aromatic rings. The molecule has 76 valence electrons. The Morgan fingerprint density at radius 3 is 2.86 bits per heavy atom. The van der Waals surface area contributed by atoms with Crippen LogP contribution in [0.15, 0.2) is 9.85 Å². The smallest absolute Gasteiger partial charge is 0.0731 e. The van der Waals surface area contributed by atoms with Crippen LogP contribution in [-0.2, 0) is 0 Å². The molecule has 0 aromatic carbocycles. The molecule has 0 radical (unpaired) electrons. The van der Waals surface area contributed by atoms with E-state index in [2.05, 4.69) is 47.1 Å². The first-order valence-electron chi connectivity index (χ1n) is 4.61. The molecule has 0 aliphatic heterocycles. The number of hydrogen-bond donors (Lipinski definition) is 1. The van der Waals surface area contributed by atoms with Gasteiger partial charge >= 0.3 is 0 Å². The summed E-state index contributed by atoms with van der Waals surface area (Å²) in [6.07, 6.45) is 6.10. The van der Waals surface area contributed by atoms with Gasteiger partial charge in [0.15, 0.2) is 0 Å². The molecule has 0 saturated carbocycles. The van der Waals surface area contributed by atoms with E-state index in [0.29, 0.717) is 6.04 Å². The molecule has 0 fully saturated rings. The molecule has 0 aliphatic carbocycles. The number of nitrogens with one attached hydrogen (secondary N) is 1. The Balaban J connectivity index is 2.82. The highest BCUT2D eigenvalue weighted by atomic mass is 79.9. The van der Waals surface area contributed by atoms with Crippen molar-refractivity contribution in [3.63, 3.8) is 0 Å². The van der Waals surface area contributed by atoms with Gasteiger partial charge in [0.1, 0.15) is 0 Å². The van der Waals surface area contributed by atoms with Gasteiger partial charge in [-0.25, -0.2) is 0 Å². The first-order chi connectivity index (χ1) is 6.69. The maximum atomic E-state index is 5.34. The van der Waals surface area contributed by atoms with Gasteiger partial charge in [-0.1, -0.05) is 6.92 Å². The minimum atomic E-state index is 0.306. The lowest BCUT2D eigenvalue weighted by Gasteiger charge is -2.12. The molecule has 0 bridgehead atoms. The maximum absolute atomic E-state index is 5.34. The summed E-state index contributed by atoms with van der Waals surface area (Å²) in [7, 11) is 0. The third-order valence-corrected chi connectivity index (χ3v) is 4.24. The molecule has 3 heteroatoms. The SMILES string of the molecule is C#CCC(NCC)c1cc(C)c(Br)s1. The lowest BCUT2D eigenvalue weighted by Crippen LogP contribution is -2.19. The standard InChI is InChI=1S/C11H14BrNS/c1-4-6-9(13-5-2)10-7-8(3)11(12)14-10/h1,7,9,13H,5-6H2,2-3H3. The minimum Gasteiger partial charge on any atom is -0.309 e. The van der Waals surface area contributed by atoms with Crippen LogP contribution in [-0.4, -0.2) is 6.54 Å². The molecule has 1 aromatic heterocycles. The molecule has 1 nitrogen and oxygen atoms in total. The fourth-order valence-corrected chi connectivity index (χ4v) is 2.94. The van der Waals surface area contributed by atoms with Crippen molar-refractivity contribution in [1.29, 1.82) is 0 Å². The van der Waals surface area contributed by atoms with Gasteiger partial charge in [0.05, 0.1) is 9.83 Å². The van der Waals surface area contributed by atoms with Crippen molar-refractivity contribution in [2.24, 2.45) is 0 Å². The van der Waals surface area contributed by atoms with Crippen molar-refractivity contribution in [2.75, 3.05) is 6.54 Å². The van der Waals surface area contributed by atoms with Gasteiger partial charge in [-0.05, 0) is 41.0 Å². The molecule has 1 unspecified atom stereocenters. The highest BCUT2D eigenvalue weighted by molar-refractivity contribution is 9.11. The topological polar surface area (TPSA) is 12.0 Å². The van der Waals surface area contributed by atoms with Crippen molar-refractivity contribution < 1.29 is 0 Å². The van der Waals surface area contributed by atoms with E-state index in [1.165, 1.54) is 14.2 Å². The van der Waals surface area contributed by atoms with Gasteiger partial charge in [0.25, 0.3) is 0 Å². The van der Waals surface area contributed by atoms with Crippen molar-refractivity contribution >= 4 is 27.3 Å². The normalized spacial score (nSPS) is 12.4. The number of aryl methyl sites for hydroxylation is 1. The molecule has 1 heterocycles. The van der Waals surface area contributed by atoms with Crippen LogP contribution in [0, 0.1) is 19.3 Å². The van der Waals surface area contributed by atoms with E-state index in [-0.39, 0.29) is 0 Å². The zero-order valence-corrected chi connectivity index (χ0v) is 10.8. The minimum absolute atomic E-state index is 0.306. The molecule has 0 aliphatic rings. The van der Waals surface area contributed by atoms with Crippen molar-refractivity contribution in [1.82, 2.24) is 5.32 Å². The Kier molecular flexibility index (Phi) is 4.67. The Morgan fingerprint density at radius 1 is 1.71 bits per heavy atom. The van der Waals surface area contributed by atoms with E-state index < -0.39 is 0 Å². The molecule has 0 amide bonds. The van der Waals surface area contributed by atoms with Crippen LogP contribution < -0.4 is 5.32 Å². The Hall–Kier alpha value is -0.300. The van der Waals surface area contributed by atoms with Crippen LogP contribution in [0.4, 0.5) is 0 Å². The third kappa shape index (κ3) is 2.84. The average Bonchev–Trinajstić information content (AvgIpc) is 2.47. The van der Waals surface area contributed by atoms with E-state index in [0.717, 1.165) is 13.0 Å². The van der Waals surface area contributed by atoms with Crippen molar-refractivity contribution in [3.05, 3.63) is 20.3 Å². The molecular formula is C11H14BrNS. The van der Waals surface area contributed by atoms with Gasteiger partial charge in [0.2, 0.25) is 0 Å². The summed E-state index contributed by atoms with van der Waals surface area (Å²) in [6, 6.07) is 2.50. The molecule has 1 N–H and O–H groups in total. The summed E-state index contributed by atoms with van der Waals surface area (Å²) in [5.74, 6) is 2.71. The van der Waals surface area contributed by atoms with E-state index in [4.69, 9.17) is 6.42 Å². The number of thiophene rings is 1. The van der Waals surface area contributed by atoms with Crippen LogP contribution in [0.5, 0.6) is 0 Å². The van der Waals surface area contributed by atoms with E-state index >= 15 is 0 Å². The Labute approximate surface area is 98.0 Å². The summed E-state index contributed by atoms with van der Waals surface area (Å²) in [6.45, 7) is 5.14. The summed E-state index contributed by atoms with van der Waals surface area (Å²) in [5, 5.41) is 3.39.